The molecule has 4 rings (SSSR count). The number of nitrogens with zero attached hydrogens (tertiary/aromatic N) is 6. The maximum Gasteiger partial charge on any atom is 0.340 e. The molecular weight excluding hydrogens is 320 g/mol. The van der Waals surface area contributed by atoms with Crippen LogP contribution in [0.4, 0.5) is 0 Å². The minimum absolute atomic E-state index is 0.355. The molecule has 0 radical (unpaired) electrons. The Morgan fingerprint density at radius 2 is 2.04 bits per heavy atom. The first-order chi connectivity index (χ1) is 12.2. The Kier molecular flexibility index (Phi) is 3.57. The van der Waals surface area contributed by atoms with Gasteiger partial charge in [0, 0.05) is 36.4 Å². The summed E-state index contributed by atoms with van der Waals surface area (Å²) in [5.74, 6) is 0.348. The molecule has 8 heteroatoms. The summed E-state index contributed by atoms with van der Waals surface area (Å²) >= 11 is 0. The number of esters is 1. The van der Waals surface area contributed by atoms with E-state index in [1.165, 1.54) is 7.11 Å². The predicted molar refractivity (Wildman–Crippen MR) is 90.5 cm³/mol. The maximum atomic E-state index is 12.0. The predicted octanol–water partition coefficient (Wildman–Crippen LogP) is 1.79. The van der Waals surface area contributed by atoms with Crippen molar-refractivity contribution in [2.24, 2.45) is 7.05 Å². The molecule has 0 aliphatic heterocycles. The molecule has 0 N–H and O–H groups in total. The molecule has 0 aliphatic carbocycles. The molecule has 0 spiro atoms. The van der Waals surface area contributed by atoms with E-state index >= 15 is 0 Å². The topological polar surface area (TPSA) is 79.8 Å². The van der Waals surface area contributed by atoms with Crippen LogP contribution in [0.5, 0.6) is 0 Å². The number of rotatable bonds is 4. The second kappa shape index (κ2) is 5.90. The van der Waals surface area contributed by atoms with Crippen molar-refractivity contribution in [3.8, 4) is 5.82 Å². The molecular formula is C17H16N6O2. The Balaban J connectivity index is 1.69. The van der Waals surface area contributed by atoms with Gasteiger partial charge in [-0.25, -0.2) is 9.48 Å². The Morgan fingerprint density at radius 1 is 1.20 bits per heavy atom. The molecule has 3 aromatic heterocycles. The molecule has 0 atom stereocenters. The lowest BCUT2D eigenvalue weighted by Crippen LogP contribution is -2.01. The monoisotopic (exact) mass is 336 g/mol. The zero-order chi connectivity index (χ0) is 17.4. The lowest BCUT2D eigenvalue weighted by molar-refractivity contribution is 0.0602. The highest BCUT2D eigenvalue weighted by Crippen LogP contribution is 2.22. The number of aryl methyl sites for hydroxylation is 1. The van der Waals surface area contributed by atoms with Crippen molar-refractivity contribution < 1.29 is 9.53 Å². The average molecular weight is 336 g/mol. The number of aromatic nitrogens is 6. The Labute approximate surface area is 143 Å². The van der Waals surface area contributed by atoms with Gasteiger partial charge in [0.15, 0.2) is 5.82 Å². The van der Waals surface area contributed by atoms with E-state index in [4.69, 9.17) is 4.74 Å². The van der Waals surface area contributed by atoms with Crippen LogP contribution < -0.4 is 0 Å². The van der Waals surface area contributed by atoms with Crippen molar-refractivity contribution in [2.45, 2.75) is 6.54 Å². The van der Waals surface area contributed by atoms with Crippen molar-refractivity contribution in [1.29, 1.82) is 0 Å². The summed E-state index contributed by atoms with van der Waals surface area (Å²) in [4.78, 5) is 12.0. The van der Waals surface area contributed by atoms with E-state index in [0.29, 0.717) is 17.9 Å². The van der Waals surface area contributed by atoms with Crippen LogP contribution in [0.1, 0.15) is 16.1 Å². The quantitative estimate of drug-likeness (QED) is 0.531. The van der Waals surface area contributed by atoms with E-state index in [0.717, 1.165) is 16.6 Å². The van der Waals surface area contributed by atoms with Crippen LogP contribution in [-0.4, -0.2) is 42.4 Å². The zero-order valence-electron chi connectivity index (χ0n) is 13.8. The van der Waals surface area contributed by atoms with E-state index in [1.54, 1.807) is 15.6 Å². The summed E-state index contributed by atoms with van der Waals surface area (Å²) in [6, 6.07) is 9.56. The van der Waals surface area contributed by atoms with Gasteiger partial charge in [-0.3, -0.25) is 4.68 Å². The highest BCUT2D eigenvalue weighted by Gasteiger charge is 2.16. The third-order valence-corrected chi connectivity index (χ3v) is 4.00. The molecule has 0 unspecified atom stereocenters. The fraction of sp³-hybridized carbons (Fsp3) is 0.176. The standard InChI is InChI=1S/C17H16N6O2/c1-21-8-7-16(19-21)23-10-12(18-20-23)9-22-11-14(17(24)25-2)13-5-3-4-6-15(13)22/h3-8,10-11H,9H2,1-2H3. The van der Waals surface area contributed by atoms with E-state index in [-0.39, 0.29) is 5.97 Å². The van der Waals surface area contributed by atoms with E-state index < -0.39 is 0 Å². The number of carbonyl (C=O) groups is 1. The van der Waals surface area contributed by atoms with Gasteiger partial charge in [0.05, 0.1) is 25.4 Å². The number of benzene rings is 1. The molecule has 4 aromatic rings. The average Bonchev–Trinajstić information content (AvgIpc) is 3.34. The number of para-hydroxylation sites is 1. The zero-order valence-corrected chi connectivity index (χ0v) is 13.8. The number of ether oxygens (including phenoxy) is 1. The van der Waals surface area contributed by atoms with Gasteiger partial charge >= 0.3 is 5.97 Å². The molecule has 3 heterocycles. The first-order valence-electron chi connectivity index (χ1n) is 7.73. The molecule has 126 valence electrons. The number of hydrogen-bond donors (Lipinski definition) is 0. The largest absolute Gasteiger partial charge is 0.465 e. The van der Waals surface area contributed by atoms with Crippen LogP contribution >= 0.6 is 0 Å². The van der Waals surface area contributed by atoms with Crippen LogP contribution in [-0.2, 0) is 18.3 Å². The SMILES string of the molecule is COC(=O)c1cn(Cc2cn(-c3ccn(C)n3)nn2)c2ccccc12. The third-order valence-electron chi connectivity index (χ3n) is 4.00. The second-order valence-electron chi connectivity index (χ2n) is 5.68. The maximum absolute atomic E-state index is 12.0. The molecule has 25 heavy (non-hydrogen) atoms. The fourth-order valence-corrected chi connectivity index (χ4v) is 2.83. The summed E-state index contributed by atoms with van der Waals surface area (Å²) in [6.45, 7) is 0.490. The van der Waals surface area contributed by atoms with Crippen molar-refractivity contribution in [3.05, 3.63) is 60.2 Å². The Morgan fingerprint density at radius 3 is 2.80 bits per heavy atom. The molecule has 0 amide bonds. The van der Waals surface area contributed by atoms with Gasteiger partial charge in [0.1, 0.15) is 5.69 Å². The Bertz CT molecular complexity index is 1060. The number of methoxy groups -OCH3 is 1. The van der Waals surface area contributed by atoms with Gasteiger partial charge in [-0.05, 0) is 6.07 Å². The first-order valence-corrected chi connectivity index (χ1v) is 7.73. The summed E-state index contributed by atoms with van der Waals surface area (Å²) in [7, 11) is 3.23. The minimum atomic E-state index is -0.355. The normalized spacial score (nSPS) is 11.1. The van der Waals surface area contributed by atoms with E-state index in [1.807, 2.05) is 54.3 Å². The van der Waals surface area contributed by atoms with Crippen LogP contribution in [0.2, 0.25) is 0 Å². The molecule has 0 bridgehead atoms. The van der Waals surface area contributed by atoms with Gasteiger partial charge < -0.3 is 9.30 Å². The highest BCUT2D eigenvalue weighted by atomic mass is 16.5. The number of hydrogen-bond acceptors (Lipinski definition) is 5. The lowest BCUT2D eigenvalue weighted by atomic mass is 10.2. The van der Waals surface area contributed by atoms with Crippen molar-refractivity contribution >= 4 is 16.9 Å². The van der Waals surface area contributed by atoms with Crippen molar-refractivity contribution in [2.75, 3.05) is 7.11 Å². The van der Waals surface area contributed by atoms with E-state index in [2.05, 4.69) is 15.4 Å². The molecule has 0 saturated carbocycles. The molecule has 0 aliphatic rings. The lowest BCUT2D eigenvalue weighted by Gasteiger charge is -2.01. The van der Waals surface area contributed by atoms with Crippen LogP contribution in [0, 0.1) is 0 Å². The van der Waals surface area contributed by atoms with Gasteiger partial charge in [0.25, 0.3) is 0 Å². The minimum Gasteiger partial charge on any atom is -0.465 e. The van der Waals surface area contributed by atoms with Gasteiger partial charge in [-0.1, -0.05) is 23.4 Å². The van der Waals surface area contributed by atoms with Crippen molar-refractivity contribution in [3.63, 3.8) is 0 Å². The summed E-state index contributed by atoms with van der Waals surface area (Å²) in [5, 5.41) is 13.5. The molecule has 0 saturated heterocycles. The summed E-state index contributed by atoms with van der Waals surface area (Å²) < 4.78 is 10.2. The first kappa shape index (κ1) is 15.1. The molecule has 1 aromatic carbocycles. The smallest absolute Gasteiger partial charge is 0.340 e. The second-order valence-corrected chi connectivity index (χ2v) is 5.68. The van der Waals surface area contributed by atoms with Gasteiger partial charge in [-0.15, -0.1) is 5.10 Å². The third kappa shape index (κ3) is 2.67. The number of fused-ring (bicyclic) bond motifs is 1. The van der Waals surface area contributed by atoms with Crippen LogP contribution in [0.15, 0.2) is 48.9 Å². The molecule has 0 fully saturated rings. The number of carbonyl (C=O) groups excluding carboxylic acids is 1. The Hall–Kier alpha value is -3.42. The molecule has 8 nitrogen and oxygen atoms in total. The highest BCUT2D eigenvalue weighted by molar-refractivity contribution is 6.04. The summed E-state index contributed by atoms with van der Waals surface area (Å²) in [6.07, 6.45) is 5.46. The fourth-order valence-electron chi connectivity index (χ4n) is 2.83. The van der Waals surface area contributed by atoms with Crippen LogP contribution in [0.3, 0.4) is 0 Å². The van der Waals surface area contributed by atoms with Crippen LogP contribution in [0.25, 0.3) is 16.7 Å². The van der Waals surface area contributed by atoms with Crippen molar-refractivity contribution in [1.82, 2.24) is 29.3 Å². The summed E-state index contributed by atoms with van der Waals surface area (Å²) in [5.41, 5.74) is 2.24. The van der Waals surface area contributed by atoms with Gasteiger partial charge in [-0.2, -0.15) is 5.10 Å². The van der Waals surface area contributed by atoms with E-state index in [9.17, 15) is 4.79 Å². The van der Waals surface area contributed by atoms with Gasteiger partial charge in [0.2, 0.25) is 0 Å².